The van der Waals surface area contributed by atoms with Gasteiger partial charge in [0.05, 0.1) is 12.2 Å². The van der Waals surface area contributed by atoms with Crippen LogP contribution in [0.25, 0.3) is 0 Å². The van der Waals surface area contributed by atoms with Crippen LogP contribution >= 0.6 is 0 Å². The minimum atomic E-state index is -3.54. The van der Waals surface area contributed by atoms with Gasteiger partial charge in [0.2, 0.25) is 0 Å². The molecule has 6 nitrogen and oxygen atoms in total. The smallest absolute Gasteiger partial charge is 0.279 e. The van der Waals surface area contributed by atoms with Gasteiger partial charge in [-0.15, -0.1) is 0 Å². The number of nitrogens with one attached hydrogen (secondary N) is 1. The predicted octanol–water partition coefficient (Wildman–Crippen LogP) is -0.704. The molecule has 0 aromatic heterocycles. The first-order chi connectivity index (χ1) is 7.77. The summed E-state index contributed by atoms with van der Waals surface area (Å²) in [5.41, 5.74) is -1.42. The van der Waals surface area contributed by atoms with Gasteiger partial charge in [0.25, 0.3) is 10.2 Å². The lowest BCUT2D eigenvalue weighted by molar-refractivity contribution is 0.00648. The minimum absolute atomic E-state index is 0.183. The fourth-order valence-corrected chi connectivity index (χ4v) is 2.99. The molecule has 0 bridgehead atoms. The van der Waals surface area contributed by atoms with Crippen LogP contribution in [-0.4, -0.2) is 54.8 Å². The van der Waals surface area contributed by atoms with Gasteiger partial charge >= 0.3 is 0 Å². The summed E-state index contributed by atoms with van der Waals surface area (Å²) < 4.78 is 27.5. The van der Waals surface area contributed by atoms with Crippen LogP contribution in [0.2, 0.25) is 0 Å². The standard InChI is InChI=1S/C10H22N2O4S/c1-9-3-5-12(6-4-9)17(15,16)11-7-10(2,14)8-13/h9,11,13-14H,3-8H2,1-2H3. The lowest BCUT2D eigenvalue weighted by atomic mass is 10.0. The Morgan fingerprint density at radius 1 is 1.41 bits per heavy atom. The maximum Gasteiger partial charge on any atom is 0.279 e. The van der Waals surface area contributed by atoms with E-state index < -0.39 is 22.4 Å². The van der Waals surface area contributed by atoms with E-state index in [4.69, 9.17) is 5.11 Å². The third kappa shape index (κ3) is 4.51. The van der Waals surface area contributed by atoms with Crippen molar-refractivity contribution in [1.82, 2.24) is 9.03 Å². The van der Waals surface area contributed by atoms with E-state index in [1.165, 1.54) is 11.2 Å². The summed E-state index contributed by atoms with van der Waals surface area (Å²) in [7, 11) is -3.54. The quantitative estimate of drug-likeness (QED) is 0.613. The van der Waals surface area contributed by atoms with Crippen molar-refractivity contribution < 1.29 is 18.6 Å². The van der Waals surface area contributed by atoms with Crippen molar-refractivity contribution in [3.8, 4) is 0 Å². The Morgan fingerprint density at radius 3 is 2.41 bits per heavy atom. The molecular weight excluding hydrogens is 244 g/mol. The summed E-state index contributed by atoms with van der Waals surface area (Å²) in [6, 6.07) is 0. The minimum Gasteiger partial charge on any atom is -0.393 e. The van der Waals surface area contributed by atoms with Gasteiger partial charge in [-0.25, -0.2) is 0 Å². The zero-order chi connectivity index (χ0) is 13.1. The van der Waals surface area contributed by atoms with Gasteiger partial charge in [-0.2, -0.15) is 17.4 Å². The molecule has 1 unspecified atom stereocenters. The highest BCUT2D eigenvalue weighted by atomic mass is 32.2. The topological polar surface area (TPSA) is 89.9 Å². The average molecular weight is 266 g/mol. The zero-order valence-electron chi connectivity index (χ0n) is 10.4. The predicted molar refractivity (Wildman–Crippen MR) is 64.6 cm³/mol. The molecule has 1 atom stereocenters. The summed E-state index contributed by atoms with van der Waals surface area (Å²) in [5.74, 6) is 0.557. The van der Waals surface area contributed by atoms with Gasteiger partial charge in [-0.3, -0.25) is 0 Å². The first-order valence-electron chi connectivity index (χ1n) is 5.85. The SMILES string of the molecule is CC1CCN(S(=O)(=O)NCC(C)(O)CO)CC1. The van der Waals surface area contributed by atoms with Crippen molar-refractivity contribution >= 4 is 10.2 Å². The van der Waals surface area contributed by atoms with Crippen molar-refractivity contribution in [2.45, 2.75) is 32.3 Å². The van der Waals surface area contributed by atoms with E-state index in [1.54, 1.807) is 0 Å². The van der Waals surface area contributed by atoms with Crippen molar-refractivity contribution in [1.29, 1.82) is 0 Å². The molecule has 0 amide bonds. The van der Waals surface area contributed by atoms with Crippen LogP contribution in [0.15, 0.2) is 0 Å². The summed E-state index contributed by atoms with van der Waals surface area (Å²) in [6.07, 6.45) is 1.72. The van der Waals surface area contributed by atoms with E-state index in [1.807, 2.05) is 0 Å². The fraction of sp³-hybridized carbons (Fsp3) is 1.00. The van der Waals surface area contributed by atoms with Crippen LogP contribution in [0, 0.1) is 5.92 Å². The van der Waals surface area contributed by atoms with E-state index in [-0.39, 0.29) is 6.54 Å². The molecule has 102 valence electrons. The fourth-order valence-electron chi connectivity index (χ4n) is 1.62. The molecule has 0 aromatic carbocycles. The number of aliphatic hydroxyl groups is 2. The molecular formula is C10H22N2O4S. The van der Waals surface area contributed by atoms with Crippen LogP contribution in [0.3, 0.4) is 0 Å². The van der Waals surface area contributed by atoms with E-state index in [0.717, 1.165) is 12.8 Å². The maximum absolute atomic E-state index is 11.9. The summed E-state index contributed by atoms with van der Waals surface area (Å²) >= 11 is 0. The maximum atomic E-state index is 11.9. The number of hydrogen-bond donors (Lipinski definition) is 3. The van der Waals surface area contributed by atoms with Crippen molar-refractivity contribution in [2.24, 2.45) is 5.92 Å². The number of piperidine rings is 1. The monoisotopic (exact) mass is 266 g/mol. The van der Waals surface area contributed by atoms with Crippen molar-refractivity contribution in [3.63, 3.8) is 0 Å². The second kappa shape index (κ2) is 5.62. The molecule has 0 aliphatic carbocycles. The first-order valence-corrected chi connectivity index (χ1v) is 7.29. The second-order valence-corrected chi connectivity index (χ2v) is 6.82. The van der Waals surface area contributed by atoms with Crippen LogP contribution in [0.1, 0.15) is 26.7 Å². The second-order valence-electron chi connectivity index (χ2n) is 5.06. The van der Waals surface area contributed by atoms with Crippen LogP contribution in [-0.2, 0) is 10.2 Å². The number of nitrogens with zero attached hydrogens (tertiary/aromatic N) is 1. The molecule has 0 spiro atoms. The Bertz CT molecular complexity index is 334. The molecule has 1 heterocycles. The van der Waals surface area contributed by atoms with Gasteiger partial charge in [-0.05, 0) is 25.7 Å². The Hall–Kier alpha value is -0.210. The largest absolute Gasteiger partial charge is 0.393 e. The molecule has 1 aliphatic rings. The zero-order valence-corrected chi connectivity index (χ0v) is 11.2. The molecule has 7 heteroatoms. The normalized spacial score (nSPS) is 23.5. The van der Waals surface area contributed by atoms with Gasteiger partial charge in [0.15, 0.2) is 0 Å². The van der Waals surface area contributed by atoms with Crippen molar-refractivity contribution in [2.75, 3.05) is 26.2 Å². The molecule has 1 fully saturated rings. The Labute approximate surface area is 103 Å². The highest BCUT2D eigenvalue weighted by molar-refractivity contribution is 7.87. The van der Waals surface area contributed by atoms with E-state index in [0.29, 0.717) is 19.0 Å². The van der Waals surface area contributed by atoms with Crippen LogP contribution in [0.4, 0.5) is 0 Å². The Kier molecular flexibility index (Phi) is 4.91. The van der Waals surface area contributed by atoms with Crippen molar-refractivity contribution in [3.05, 3.63) is 0 Å². The van der Waals surface area contributed by atoms with Gasteiger partial charge < -0.3 is 10.2 Å². The summed E-state index contributed by atoms with van der Waals surface area (Å²) in [4.78, 5) is 0. The number of aliphatic hydroxyl groups excluding tert-OH is 1. The van der Waals surface area contributed by atoms with Gasteiger partial charge in [0, 0.05) is 19.6 Å². The lowest BCUT2D eigenvalue weighted by Gasteiger charge is -2.30. The molecule has 0 aromatic rings. The molecule has 3 N–H and O–H groups in total. The molecule has 1 aliphatic heterocycles. The van der Waals surface area contributed by atoms with E-state index >= 15 is 0 Å². The molecule has 1 rings (SSSR count). The highest BCUT2D eigenvalue weighted by Gasteiger charge is 2.28. The lowest BCUT2D eigenvalue weighted by Crippen LogP contribution is -2.50. The Morgan fingerprint density at radius 2 is 1.94 bits per heavy atom. The molecule has 1 saturated heterocycles. The van der Waals surface area contributed by atoms with Crippen LogP contribution in [0.5, 0.6) is 0 Å². The molecule has 0 radical (unpaired) electrons. The summed E-state index contributed by atoms with van der Waals surface area (Å²) in [6.45, 7) is 3.85. The first kappa shape index (κ1) is 14.8. The van der Waals surface area contributed by atoms with Gasteiger partial charge in [0.1, 0.15) is 0 Å². The third-order valence-electron chi connectivity index (χ3n) is 3.06. The average Bonchev–Trinajstić information content (AvgIpc) is 2.27. The van der Waals surface area contributed by atoms with E-state index in [2.05, 4.69) is 11.6 Å². The summed E-state index contributed by atoms with van der Waals surface area (Å²) in [5, 5.41) is 18.4. The number of rotatable bonds is 5. The highest BCUT2D eigenvalue weighted by Crippen LogP contribution is 2.18. The molecule has 0 saturated carbocycles. The van der Waals surface area contributed by atoms with E-state index in [9.17, 15) is 13.5 Å². The van der Waals surface area contributed by atoms with Gasteiger partial charge in [-0.1, -0.05) is 6.92 Å². The number of hydrogen-bond acceptors (Lipinski definition) is 4. The Balaban J connectivity index is 2.51. The molecule has 17 heavy (non-hydrogen) atoms. The third-order valence-corrected chi connectivity index (χ3v) is 4.61. The van der Waals surface area contributed by atoms with Crippen LogP contribution < -0.4 is 4.72 Å².